The van der Waals surface area contributed by atoms with E-state index < -0.39 is 0 Å². The van der Waals surface area contributed by atoms with Crippen molar-refractivity contribution < 1.29 is 4.79 Å². The fraction of sp³-hybridized carbons (Fsp3) is 0.583. The molecule has 0 saturated carbocycles. The Kier molecular flexibility index (Phi) is 4.53. The first-order valence-corrected chi connectivity index (χ1v) is 6.99. The van der Waals surface area contributed by atoms with Crippen LogP contribution in [0.1, 0.15) is 16.8 Å². The van der Waals surface area contributed by atoms with Gasteiger partial charge in [-0.1, -0.05) is 0 Å². The van der Waals surface area contributed by atoms with Crippen molar-refractivity contribution in [3.05, 3.63) is 22.4 Å². The Morgan fingerprint density at radius 1 is 1.35 bits per heavy atom. The SMILES string of the molecule is NCCN1CCCN(C(=O)c2ccsc2)CC1. The van der Waals surface area contributed by atoms with Gasteiger partial charge in [0.1, 0.15) is 0 Å². The maximum absolute atomic E-state index is 12.2. The Balaban J connectivity index is 1.92. The molecule has 2 rings (SSSR count). The first kappa shape index (κ1) is 12.5. The molecule has 0 spiro atoms. The topological polar surface area (TPSA) is 49.6 Å². The Morgan fingerprint density at radius 2 is 2.24 bits per heavy atom. The van der Waals surface area contributed by atoms with Crippen molar-refractivity contribution >= 4 is 17.2 Å². The summed E-state index contributed by atoms with van der Waals surface area (Å²) in [4.78, 5) is 16.5. The Bertz CT molecular complexity index is 353. The highest BCUT2D eigenvalue weighted by molar-refractivity contribution is 7.08. The lowest BCUT2D eigenvalue weighted by molar-refractivity contribution is 0.0762. The van der Waals surface area contributed by atoms with Gasteiger partial charge < -0.3 is 15.5 Å². The molecule has 1 saturated heterocycles. The van der Waals surface area contributed by atoms with Gasteiger partial charge >= 0.3 is 0 Å². The summed E-state index contributed by atoms with van der Waals surface area (Å²) in [6.45, 7) is 5.28. The summed E-state index contributed by atoms with van der Waals surface area (Å²) in [7, 11) is 0. The molecule has 0 atom stereocenters. The fourth-order valence-electron chi connectivity index (χ4n) is 2.15. The Labute approximate surface area is 106 Å². The average molecular weight is 253 g/mol. The van der Waals surface area contributed by atoms with Crippen molar-refractivity contribution in [1.29, 1.82) is 0 Å². The summed E-state index contributed by atoms with van der Waals surface area (Å²) < 4.78 is 0. The third-order valence-corrected chi connectivity index (χ3v) is 3.77. The summed E-state index contributed by atoms with van der Waals surface area (Å²) >= 11 is 1.57. The number of carbonyl (C=O) groups excluding carboxylic acids is 1. The molecule has 0 aliphatic carbocycles. The van der Waals surface area contributed by atoms with E-state index >= 15 is 0 Å². The van der Waals surface area contributed by atoms with Crippen molar-refractivity contribution in [3.8, 4) is 0 Å². The Hall–Kier alpha value is -0.910. The molecule has 1 amide bonds. The van der Waals surface area contributed by atoms with Crippen LogP contribution in [0.3, 0.4) is 0 Å². The maximum Gasteiger partial charge on any atom is 0.254 e. The number of thiophene rings is 1. The Morgan fingerprint density at radius 3 is 2.94 bits per heavy atom. The van der Waals surface area contributed by atoms with E-state index in [0.29, 0.717) is 6.54 Å². The molecular formula is C12H19N3OS. The molecule has 17 heavy (non-hydrogen) atoms. The number of rotatable bonds is 3. The van der Waals surface area contributed by atoms with Crippen molar-refractivity contribution in [3.63, 3.8) is 0 Å². The van der Waals surface area contributed by atoms with Crippen molar-refractivity contribution in [2.45, 2.75) is 6.42 Å². The van der Waals surface area contributed by atoms with Gasteiger partial charge in [0.2, 0.25) is 0 Å². The zero-order valence-corrected chi connectivity index (χ0v) is 10.8. The van der Waals surface area contributed by atoms with Crippen molar-refractivity contribution in [2.75, 3.05) is 39.3 Å². The lowest BCUT2D eigenvalue weighted by Gasteiger charge is -2.21. The standard InChI is InChI=1S/C12H19N3OS/c13-3-6-14-4-1-5-15(8-7-14)12(16)11-2-9-17-10-11/h2,9-10H,1,3-8,13H2. The second-order valence-corrected chi connectivity index (χ2v) is 5.07. The minimum absolute atomic E-state index is 0.167. The van der Waals surface area contributed by atoms with Crippen molar-refractivity contribution in [2.24, 2.45) is 5.73 Å². The van der Waals surface area contributed by atoms with Gasteiger partial charge in [-0.25, -0.2) is 0 Å². The van der Waals surface area contributed by atoms with Crippen LogP contribution in [0.5, 0.6) is 0 Å². The average Bonchev–Trinajstić information content (AvgIpc) is 2.76. The highest BCUT2D eigenvalue weighted by atomic mass is 32.1. The molecule has 1 aliphatic heterocycles. The molecule has 2 N–H and O–H groups in total. The minimum Gasteiger partial charge on any atom is -0.337 e. The molecule has 1 aliphatic rings. The van der Waals surface area contributed by atoms with E-state index in [4.69, 9.17) is 5.73 Å². The summed E-state index contributed by atoms with van der Waals surface area (Å²) in [5, 5.41) is 3.87. The zero-order valence-electron chi connectivity index (χ0n) is 9.97. The second-order valence-electron chi connectivity index (χ2n) is 4.29. The number of amides is 1. The number of nitrogens with two attached hydrogens (primary N) is 1. The second kappa shape index (κ2) is 6.14. The number of nitrogens with zero attached hydrogens (tertiary/aromatic N) is 2. The normalized spacial score (nSPS) is 18.1. The van der Waals surface area contributed by atoms with Crippen LogP contribution in [0, 0.1) is 0 Å². The molecule has 1 aromatic heterocycles. The van der Waals surface area contributed by atoms with Gasteiger partial charge in [0.05, 0.1) is 5.56 Å². The molecular weight excluding hydrogens is 234 g/mol. The van der Waals surface area contributed by atoms with E-state index in [1.807, 2.05) is 21.7 Å². The van der Waals surface area contributed by atoms with Crippen LogP contribution in [0.4, 0.5) is 0 Å². The molecule has 1 aromatic rings. The van der Waals surface area contributed by atoms with E-state index in [2.05, 4.69) is 4.90 Å². The van der Waals surface area contributed by atoms with E-state index in [-0.39, 0.29) is 5.91 Å². The van der Waals surface area contributed by atoms with Gasteiger partial charge in [-0.15, -0.1) is 0 Å². The predicted octanol–water partition coefficient (Wildman–Crippen LogP) is 0.855. The number of hydrogen-bond donors (Lipinski definition) is 1. The molecule has 2 heterocycles. The number of carbonyl (C=O) groups is 1. The highest BCUT2D eigenvalue weighted by Gasteiger charge is 2.19. The first-order valence-electron chi connectivity index (χ1n) is 6.05. The van der Waals surface area contributed by atoms with Crippen LogP contribution in [0.2, 0.25) is 0 Å². The third-order valence-electron chi connectivity index (χ3n) is 3.09. The molecule has 5 heteroatoms. The molecule has 94 valence electrons. The predicted molar refractivity (Wildman–Crippen MR) is 70.3 cm³/mol. The summed E-state index contributed by atoms with van der Waals surface area (Å²) in [5.41, 5.74) is 6.38. The first-order chi connectivity index (χ1) is 8.31. The van der Waals surface area contributed by atoms with Gasteiger partial charge in [0.15, 0.2) is 0 Å². The highest BCUT2D eigenvalue weighted by Crippen LogP contribution is 2.11. The van der Waals surface area contributed by atoms with Crippen LogP contribution < -0.4 is 5.73 Å². The van der Waals surface area contributed by atoms with Crippen LogP contribution in [-0.4, -0.2) is 55.0 Å². The fourth-order valence-corrected chi connectivity index (χ4v) is 2.78. The molecule has 0 radical (unpaired) electrons. The summed E-state index contributed by atoms with van der Waals surface area (Å²) in [5.74, 6) is 0.167. The zero-order chi connectivity index (χ0) is 12.1. The summed E-state index contributed by atoms with van der Waals surface area (Å²) in [6, 6.07) is 1.90. The van der Waals surface area contributed by atoms with Gasteiger partial charge in [0.25, 0.3) is 5.91 Å². The van der Waals surface area contributed by atoms with Gasteiger partial charge in [-0.2, -0.15) is 11.3 Å². The summed E-state index contributed by atoms with van der Waals surface area (Å²) in [6.07, 6.45) is 1.04. The van der Waals surface area contributed by atoms with E-state index in [0.717, 1.165) is 44.7 Å². The lowest BCUT2D eigenvalue weighted by atomic mass is 10.3. The molecule has 1 fully saturated rings. The molecule has 4 nitrogen and oxygen atoms in total. The smallest absolute Gasteiger partial charge is 0.254 e. The molecule has 0 bridgehead atoms. The molecule has 0 aromatic carbocycles. The van der Waals surface area contributed by atoms with Gasteiger partial charge in [-0.05, 0) is 24.4 Å². The van der Waals surface area contributed by atoms with Crippen LogP contribution in [-0.2, 0) is 0 Å². The molecule has 0 unspecified atom stereocenters. The van der Waals surface area contributed by atoms with Crippen LogP contribution in [0.15, 0.2) is 16.8 Å². The van der Waals surface area contributed by atoms with Crippen molar-refractivity contribution in [1.82, 2.24) is 9.80 Å². The van der Waals surface area contributed by atoms with Gasteiger partial charge in [-0.3, -0.25) is 4.79 Å². The van der Waals surface area contributed by atoms with E-state index in [1.165, 1.54) is 0 Å². The quantitative estimate of drug-likeness (QED) is 0.869. The van der Waals surface area contributed by atoms with Gasteiger partial charge in [0, 0.05) is 38.1 Å². The largest absolute Gasteiger partial charge is 0.337 e. The monoisotopic (exact) mass is 253 g/mol. The minimum atomic E-state index is 0.167. The van der Waals surface area contributed by atoms with Crippen LogP contribution in [0.25, 0.3) is 0 Å². The van der Waals surface area contributed by atoms with E-state index in [9.17, 15) is 4.79 Å². The lowest BCUT2D eigenvalue weighted by Crippen LogP contribution is -2.36. The van der Waals surface area contributed by atoms with E-state index in [1.54, 1.807) is 11.3 Å². The maximum atomic E-state index is 12.2. The number of hydrogen-bond acceptors (Lipinski definition) is 4. The van der Waals surface area contributed by atoms with Crippen LogP contribution >= 0.6 is 11.3 Å². The third kappa shape index (κ3) is 3.28.